The van der Waals surface area contributed by atoms with Crippen LogP contribution in [0.25, 0.3) is 22.2 Å². The minimum Gasteiger partial charge on any atom is -0.447 e. The molecule has 8 nitrogen and oxygen atoms in total. The summed E-state index contributed by atoms with van der Waals surface area (Å²) in [6.45, 7) is 5.09. The van der Waals surface area contributed by atoms with Crippen molar-refractivity contribution in [2.45, 2.75) is 38.6 Å². The Bertz CT molecular complexity index is 1420. The van der Waals surface area contributed by atoms with Gasteiger partial charge in [-0.3, -0.25) is 19.1 Å². The van der Waals surface area contributed by atoms with Gasteiger partial charge in [0.1, 0.15) is 0 Å². The van der Waals surface area contributed by atoms with Gasteiger partial charge in [-0.25, -0.2) is 0 Å². The molecule has 5 rings (SSSR count). The molecule has 1 atom stereocenters. The van der Waals surface area contributed by atoms with Crippen molar-refractivity contribution in [3.05, 3.63) is 60.3 Å². The number of thioether (sulfide) groups is 1. The molecule has 0 radical (unpaired) electrons. The summed E-state index contributed by atoms with van der Waals surface area (Å²) in [5.41, 5.74) is 3.25. The summed E-state index contributed by atoms with van der Waals surface area (Å²) in [4.78, 5) is 31.7. The molecule has 9 heteroatoms. The molecule has 3 heterocycles. The van der Waals surface area contributed by atoms with E-state index in [4.69, 9.17) is 4.74 Å². The molecule has 1 aliphatic rings. The number of carbonyl (C=O) groups is 2. The van der Waals surface area contributed by atoms with Crippen LogP contribution in [0, 0.1) is 0 Å². The van der Waals surface area contributed by atoms with Gasteiger partial charge < -0.3 is 4.74 Å². The van der Waals surface area contributed by atoms with Crippen molar-refractivity contribution in [1.29, 1.82) is 0 Å². The highest BCUT2D eigenvalue weighted by atomic mass is 32.2. The minimum atomic E-state index is -0.855. The van der Waals surface area contributed by atoms with Crippen LogP contribution >= 0.6 is 11.8 Å². The first-order valence-corrected chi connectivity index (χ1v) is 12.0. The highest BCUT2D eigenvalue weighted by Gasteiger charge is 2.36. The van der Waals surface area contributed by atoms with E-state index < -0.39 is 6.23 Å². The first kappa shape index (κ1) is 22.1. The molecular formula is C25H23N5O3S. The lowest BCUT2D eigenvalue weighted by Gasteiger charge is -2.29. The highest BCUT2D eigenvalue weighted by molar-refractivity contribution is 7.99. The SMILES string of the molecule is CCCSc1nnc2c(n1)O[C@@H](c1cn(C(C)=O)c3ccccc13)N(C(C)=O)c1ccccc1-2. The number of nitrogens with zero attached hydrogens (tertiary/aromatic N) is 5. The zero-order valence-electron chi connectivity index (χ0n) is 19.1. The Labute approximate surface area is 201 Å². The second-order valence-corrected chi connectivity index (χ2v) is 9.03. The van der Waals surface area contributed by atoms with Crippen LogP contribution in [0.4, 0.5) is 5.69 Å². The third kappa shape index (κ3) is 3.71. The van der Waals surface area contributed by atoms with E-state index in [-0.39, 0.29) is 11.8 Å². The maximum absolute atomic E-state index is 13.0. The second-order valence-electron chi connectivity index (χ2n) is 7.96. The standard InChI is InChI=1S/C25H23N5O3S/c1-4-13-34-25-26-23-22(27-28-25)18-10-6-8-12-21(18)30(16(3)32)24(33-23)19-14-29(15(2)31)20-11-7-5-9-17(19)20/h5-12,14,24H,4,13H2,1-3H3/t24-/m0/s1. The van der Waals surface area contributed by atoms with Crippen molar-refractivity contribution >= 4 is 40.2 Å². The van der Waals surface area contributed by atoms with E-state index >= 15 is 0 Å². The number of anilines is 1. The fraction of sp³-hybridized carbons (Fsp3) is 0.240. The summed E-state index contributed by atoms with van der Waals surface area (Å²) in [7, 11) is 0. The van der Waals surface area contributed by atoms with Crippen LogP contribution in [0.3, 0.4) is 0 Å². The van der Waals surface area contributed by atoms with E-state index in [0.29, 0.717) is 33.5 Å². The Hall–Kier alpha value is -3.72. The number of benzene rings is 2. The number of amides is 1. The Morgan fingerprint density at radius 1 is 1.03 bits per heavy atom. The van der Waals surface area contributed by atoms with Gasteiger partial charge in [-0.05, 0) is 18.6 Å². The zero-order chi connectivity index (χ0) is 23.8. The summed E-state index contributed by atoms with van der Waals surface area (Å²) in [6.07, 6.45) is 1.86. The van der Waals surface area contributed by atoms with Crippen LogP contribution in [-0.2, 0) is 4.79 Å². The lowest BCUT2D eigenvalue weighted by Crippen LogP contribution is -2.36. The number of hydrogen-bond acceptors (Lipinski definition) is 7. The molecule has 172 valence electrons. The van der Waals surface area contributed by atoms with Crippen LogP contribution in [0.15, 0.2) is 59.9 Å². The van der Waals surface area contributed by atoms with Gasteiger partial charge in [0.05, 0.1) is 11.2 Å². The fourth-order valence-electron chi connectivity index (χ4n) is 4.17. The molecule has 0 spiro atoms. The summed E-state index contributed by atoms with van der Waals surface area (Å²) in [6, 6.07) is 15.0. The number of fused-ring (bicyclic) bond motifs is 4. The normalized spacial score (nSPS) is 14.8. The predicted octanol–water partition coefficient (Wildman–Crippen LogP) is 5.10. The first-order chi connectivity index (χ1) is 16.5. The molecular weight excluding hydrogens is 450 g/mol. The van der Waals surface area contributed by atoms with Gasteiger partial charge in [0, 0.05) is 42.3 Å². The Kier molecular flexibility index (Phi) is 5.79. The first-order valence-electron chi connectivity index (χ1n) is 11.0. The van der Waals surface area contributed by atoms with Crippen LogP contribution in [0.2, 0.25) is 0 Å². The van der Waals surface area contributed by atoms with Crippen molar-refractivity contribution in [2.24, 2.45) is 0 Å². The number of rotatable bonds is 4. The smallest absolute Gasteiger partial charge is 0.247 e. The van der Waals surface area contributed by atoms with Crippen LogP contribution in [-0.4, -0.2) is 37.3 Å². The summed E-state index contributed by atoms with van der Waals surface area (Å²) in [5.74, 6) is 0.813. The predicted molar refractivity (Wildman–Crippen MR) is 131 cm³/mol. The quantitative estimate of drug-likeness (QED) is 0.381. The number of para-hydroxylation sites is 2. The van der Waals surface area contributed by atoms with Gasteiger partial charge in [0.25, 0.3) is 0 Å². The third-order valence-corrected chi connectivity index (χ3v) is 6.68. The van der Waals surface area contributed by atoms with Gasteiger partial charge in [-0.2, -0.15) is 4.98 Å². The Morgan fingerprint density at radius 2 is 1.79 bits per heavy atom. The van der Waals surface area contributed by atoms with Crippen molar-refractivity contribution in [2.75, 3.05) is 10.7 Å². The summed E-state index contributed by atoms with van der Waals surface area (Å²) >= 11 is 1.50. The monoisotopic (exact) mass is 473 g/mol. The van der Waals surface area contributed by atoms with Crippen molar-refractivity contribution < 1.29 is 14.3 Å². The fourth-order valence-corrected chi connectivity index (χ4v) is 4.81. The summed E-state index contributed by atoms with van der Waals surface area (Å²) in [5, 5.41) is 10.1. The largest absolute Gasteiger partial charge is 0.447 e. The topological polar surface area (TPSA) is 90.2 Å². The van der Waals surface area contributed by atoms with Gasteiger partial charge in [-0.15, -0.1) is 10.2 Å². The van der Waals surface area contributed by atoms with E-state index in [2.05, 4.69) is 22.1 Å². The van der Waals surface area contributed by atoms with Gasteiger partial charge in [0.15, 0.2) is 5.69 Å². The molecule has 2 aromatic heterocycles. The molecule has 0 fully saturated rings. The van der Waals surface area contributed by atoms with Gasteiger partial charge >= 0.3 is 0 Å². The van der Waals surface area contributed by atoms with E-state index in [1.807, 2.05) is 48.5 Å². The average molecular weight is 474 g/mol. The van der Waals surface area contributed by atoms with E-state index in [0.717, 1.165) is 23.1 Å². The molecule has 0 saturated carbocycles. The minimum absolute atomic E-state index is 0.131. The van der Waals surface area contributed by atoms with Crippen molar-refractivity contribution in [3.8, 4) is 17.1 Å². The van der Waals surface area contributed by atoms with Crippen LogP contribution < -0.4 is 9.64 Å². The van der Waals surface area contributed by atoms with E-state index in [1.54, 1.807) is 15.7 Å². The average Bonchev–Trinajstić information content (AvgIpc) is 3.15. The Balaban J connectivity index is 1.76. The molecule has 34 heavy (non-hydrogen) atoms. The van der Waals surface area contributed by atoms with E-state index in [9.17, 15) is 9.59 Å². The number of hydrogen-bond donors (Lipinski definition) is 0. The van der Waals surface area contributed by atoms with Crippen molar-refractivity contribution in [1.82, 2.24) is 19.7 Å². The molecule has 2 aromatic carbocycles. The molecule has 0 bridgehead atoms. The molecule has 0 saturated heterocycles. The Morgan fingerprint density at radius 3 is 2.56 bits per heavy atom. The molecule has 4 aromatic rings. The van der Waals surface area contributed by atoms with Gasteiger partial charge in [-0.1, -0.05) is 55.1 Å². The van der Waals surface area contributed by atoms with Crippen LogP contribution in [0.1, 0.15) is 43.8 Å². The molecule has 1 amide bonds. The maximum atomic E-state index is 13.0. The number of carbonyl (C=O) groups excluding carboxylic acids is 2. The number of aromatic nitrogens is 4. The maximum Gasteiger partial charge on any atom is 0.247 e. The lowest BCUT2D eigenvalue weighted by molar-refractivity contribution is -0.118. The molecule has 0 N–H and O–H groups in total. The lowest BCUT2D eigenvalue weighted by atomic mass is 10.1. The van der Waals surface area contributed by atoms with Gasteiger partial charge in [0.2, 0.25) is 29.1 Å². The molecule has 0 unspecified atom stereocenters. The summed E-state index contributed by atoms with van der Waals surface area (Å²) < 4.78 is 8.05. The van der Waals surface area contributed by atoms with Crippen molar-refractivity contribution in [3.63, 3.8) is 0 Å². The second kappa shape index (κ2) is 8.90. The third-order valence-electron chi connectivity index (χ3n) is 5.63. The molecule has 0 aliphatic carbocycles. The molecule has 1 aliphatic heterocycles. The number of ether oxygens (including phenoxy) is 1. The van der Waals surface area contributed by atoms with Crippen LogP contribution in [0.5, 0.6) is 5.88 Å². The van der Waals surface area contributed by atoms with E-state index in [1.165, 1.54) is 25.6 Å². The zero-order valence-corrected chi connectivity index (χ0v) is 19.9. The highest BCUT2D eigenvalue weighted by Crippen LogP contribution is 2.44.